The number of amides is 1. The van der Waals surface area contributed by atoms with Crippen molar-refractivity contribution in [3.63, 3.8) is 0 Å². The second-order valence-corrected chi connectivity index (χ2v) is 9.82. The molecule has 27 heavy (non-hydrogen) atoms. The van der Waals surface area contributed by atoms with Crippen LogP contribution >= 0.6 is 34.9 Å². The van der Waals surface area contributed by atoms with Gasteiger partial charge in [0, 0.05) is 28.0 Å². The smallest absolute Gasteiger partial charge is 0.257 e. The van der Waals surface area contributed by atoms with Crippen LogP contribution in [0.15, 0.2) is 53.9 Å². The third-order valence-electron chi connectivity index (χ3n) is 4.45. The average molecular weight is 413 g/mol. The van der Waals surface area contributed by atoms with Gasteiger partial charge in [0.05, 0.1) is 10.3 Å². The summed E-state index contributed by atoms with van der Waals surface area (Å²) in [5.74, 6) is 2.28. The third-order valence-corrected chi connectivity index (χ3v) is 8.31. The second kappa shape index (κ2) is 8.50. The summed E-state index contributed by atoms with van der Waals surface area (Å²) in [4.78, 5) is 17.1. The molecule has 2 heterocycles. The van der Waals surface area contributed by atoms with Crippen molar-refractivity contribution in [1.29, 1.82) is 0 Å². The number of anilines is 1. The molecule has 0 aliphatic carbocycles. The summed E-state index contributed by atoms with van der Waals surface area (Å²) in [6.07, 6.45) is 1.02. The highest BCUT2D eigenvalue weighted by molar-refractivity contribution is 8.19. The number of hydrogen-bond acceptors (Lipinski definition) is 5. The van der Waals surface area contributed by atoms with E-state index in [-0.39, 0.29) is 5.91 Å². The number of aryl methyl sites for hydroxylation is 1. The molecule has 3 nitrogen and oxygen atoms in total. The first kappa shape index (κ1) is 18.6. The van der Waals surface area contributed by atoms with Gasteiger partial charge < -0.3 is 0 Å². The van der Waals surface area contributed by atoms with Gasteiger partial charge in [-0.05, 0) is 29.7 Å². The first-order valence-corrected chi connectivity index (χ1v) is 11.9. The molecule has 3 aromatic rings. The quantitative estimate of drug-likeness (QED) is 0.549. The number of nitrogens with zero attached hydrogens (tertiary/aromatic N) is 1. The highest BCUT2D eigenvalue weighted by atomic mass is 32.2. The van der Waals surface area contributed by atoms with Crippen molar-refractivity contribution in [3.8, 4) is 11.3 Å². The lowest BCUT2D eigenvalue weighted by molar-refractivity contribution is 0.102. The molecule has 6 heteroatoms. The largest absolute Gasteiger partial charge is 0.298 e. The lowest BCUT2D eigenvalue weighted by Gasteiger charge is -2.09. The Morgan fingerprint density at radius 1 is 1.07 bits per heavy atom. The van der Waals surface area contributed by atoms with Crippen molar-refractivity contribution in [2.45, 2.75) is 17.9 Å². The minimum atomic E-state index is -0.115. The number of thiazole rings is 1. The van der Waals surface area contributed by atoms with Crippen LogP contribution in [0.1, 0.15) is 33.0 Å². The van der Waals surface area contributed by atoms with Gasteiger partial charge in [-0.2, -0.15) is 0 Å². The fourth-order valence-electron chi connectivity index (χ4n) is 2.89. The van der Waals surface area contributed by atoms with E-state index in [0.717, 1.165) is 17.7 Å². The molecule has 1 N–H and O–H groups in total. The summed E-state index contributed by atoms with van der Waals surface area (Å²) in [5, 5.41) is 5.52. The average Bonchev–Trinajstić information content (AvgIpc) is 3.40. The van der Waals surface area contributed by atoms with E-state index >= 15 is 0 Å². The number of carbonyl (C=O) groups excluding carboxylic acids is 1. The zero-order valence-electron chi connectivity index (χ0n) is 15.0. The number of hydrogen-bond donors (Lipinski definition) is 1. The highest BCUT2D eigenvalue weighted by Gasteiger charge is 2.18. The van der Waals surface area contributed by atoms with Crippen LogP contribution in [-0.2, 0) is 6.42 Å². The van der Waals surface area contributed by atoms with Crippen molar-refractivity contribution in [2.24, 2.45) is 0 Å². The Balaban J connectivity index is 1.42. The number of thioether (sulfide) groups is 2. The Labute approximate surface area is 172 Å². The van der Waals surface area contributed by atoms with Gasteiger partial charge in [-0.3, -0.25) is 10.1 Å². The minimum Gasteiger partial charge on any atom is -0.298 e. The van der Waals surface area contributed by atoms with Crippen LogP contribution in [0.5, 0.6) is 0 Å². The van der Waals surface area contributed by atoms with Gasteiger partial charge in [0.2, 0.25) is 0 Å². The third kappa shape index (κ3) is 4.39. The van der Waals surface area contributed by atoms with E-state index in [4.69, 9.17) is 0 Å². The van der Waals surface area contributed by atoms with E-state index in [1.54, 1.807) is 0 Å². The molecule has 1 fully saturated rings. The molecule has 0 atom stereocenters. The molecule has 0 spiro atoms. The standard InChI is InChI=1S/C21H20N2OS3/c1-2-14-3-5-15(6-4-14)18-13-27-21(22-18)23-19(24)16-7-9-17(10-8-16)20-25-11-12-26-20/h3-10,13,20H,2,11-12H2,1H3,(H,22,23,24). The molecule has 2 aromatic carbocycles. The Morgan fingerprint density at radius 2 is 1.78 bits per heavy atom. The maximum absolute atomic E-state index is 12.5. The minimum absolute atomic E-state index is 0.115. The van der Waals surface area contributed by atoms with Gasteiger partial charge in [-0.25, -0.2) is 4.98 Å². The number of rotatable bonds is 5. The molecular formula is C21H20N2OS3. The molecule has 1 aliphatic rings. The van der Waals surface area contributed by atoms with E-state index < -0.39 is 0 Å². The van der Waals surface area contributed by atoms with Crippen molar-refractivity contribution in [2.75, 3.05) is 16.8 Å². The maximum atomic E-state index is 12.5. The first-order chi connectivity index (χ1) is 13.2. The molecule has 0 bridgehead atoms. The molecule has 1 aromatic heterocycles. The maximum Gasteiger partial charge on any atom is 0.257 e. The van der Waals surface area contributed by atoms with Gasteiger partial charge >= 0.3 is 0 Å². The van der Waals surface area contributed by atoms with Crippen LogP contribution in [0.4, 0.5) is 5.13 Å². The Bertz CT molecular complexity index is 913. The SMILES string of the molecule is CCc1ccc(-c2csc(NC(=O)c3ccc(C4SCCS4)cc3)n2)cc1. The predicted molar refractivity (Wildman–Crippen MR) is 119 cm³/mol. The van der Waals surface area contributed by atoms with Crippen LogP contribution in [0.3, 0.4) is 0 Å². The lowest BCUT2D eigenvalue weighted by atomic mass is 10.1. The lowest BCUT2D eigenvalue weighted by Crippen LogP contribution is -2.11. The van der Waals surface area contributed by atoms with Crippen LogP contribution in [0.25, 0.3) is 11.3 Å². The zero-order chi connectivity index (χ0) is 18.6. The Hall–Kier alpha value is -1.76. The van der Waals surface area contributed by atoms with Crippen molar-refractivity contribution in [1.82, 2.24) is 4.98 Å². The Kier molecular flexibility index (Phi) is 5.86. The summed E-state index contributed by atoms with van der Waals surface area (Å²) >= 11 is 5.39. The summed E-state index contributed by atoms with van der Waals surface area (Å²) in [7, 11) is 0. The molecular weight excluding hydrogens is 392 g/mol. The Morgan fingerprint density at radius 3 is 2.44 bits per heavy atom. The normalized spacial score (nSPS) is 14.4. The summed E-state index contributed by atoms with van der Waals surface area (Å²) < 4.78 is 0.503. The number of aromatic nitrogens is 1. The fourth-order valence-corrected chi connectivity index (χ4v) is 6.46. The van der Waals surface area contributed by atoms with Crippen molar-refractivity contribution >= 4 is 45.9 Å². The molecule has 1 saturated heterocycles. The second-order valence-electron chi connectivity index (χ2n) is 6.24. The number of benzene rings is 2. The first-order valence-electron chi connectivity index (χ1n) is 8.92. The van der Waals surface area contributed by atoms with E-state index in [9.17, 15) is 4.79 Å². The fraction of sp³-hybridized carbons (Fsp3) is 0.238. The molecule has 4 rings (SSSR count). The van der Waals surface area contributed by atoms with Gasteiger partial charge in [0.1, 0.15) is 0 Å². The molecule has 0 radical (unpaired) electrons. The van der Waals surface area contributed by atoms with Crippen molar-refractivity contribution in [3.05, 3.63) is 70.6 Å². The summed E-state index contributed by atoms with van der Waals surface area (Å²) in [6.45, 7) is 2.14. The topological polar surface area (TPSA) is 42.0 Å². The molecule has 1 amide bonds. The molecule has 138 valence electrons. The molecule has 1 aliphatic heterocycles. The van der Waals surface area contributed by atoms with Crippen LogP contribution in [0.2, 0.25) is 0 Å². The van der Waals surface area contributed by atoms with Crippen LogP contribution < -0.4 is 5.32 Å². The van der Waals surface area contributed by atoms with E-state index in [0.29, 0.717) is 15.3 Å². The van der Waals surface area contributed by atoms with Gasteiger partial charge in [0.15, 0.2) is 5.13 Å². The number of nitrogens with one attached hydrogen (secondary N) is 1. The predicted octanol–water partition coefficient (Wildman–Crippen LogP) is 6.10. The highest BCUT2D eigenvalue weighted by Crippen LogP contribution is 2.45. The van der Waals surface area contributed by atoms with E-state index in [1.807, 2.05) is 41.0 Å². The summed E-state index contributed by atoms with van der Waals surface area (Å²) in [6, 6.07) is 16.3. The molecule has 0 unspecified atom stereocenters. The van der Waals surface area contributed by atoms with Gasteiger partial charge in [0.25, 0.3) is 5.91 Å². The van der Waals surface area contributed by atoms with Crippen molar-refractivity contribution < 1.29 is 4.79 Å². The monoisotopic (exact) mass is 412 g/mol. The van der Waals surface area contributed by atoms with E-state index in [1.165, 1.54) is 34.0 Å². The van der Waals surface area contributed by atoms with Crippen LogP contribution in [-0.4, -0.2) is 22.4 Å². The number of carbonyl (C=O) groups is 1. The van der Waals surface area contributed by atoms with E-state index in [2.05, 4.69) is 53.6 Å². The van der Waals surface area contributed by atoms with Gasteiger partial charge in [-0.15, -0.1) is 34.9 Å². The zero-order valence-corrected chi connectivity index (χ0v) is 17.4. The molecule has 0 saturated carbocycles. The van der Waals surface area contributed by atoms with Crippen LogP contribution in [0, 0.1) is 0 Å². The summed E-state index contributed by atoms with van der Waals surface area (Å²) in [5.41, 5.74) is 5.21. The van der Waals surface area contributed by atoms with Gasteiger partial charge in [-0.1, -0.05) is 43.3 Å².